The highest BCUT2D eigenvalue weighted by atomic mass is 35.5. The van der Waals surface area contributed by atoms with Gasteiger partial charge in [-0.25, -0.2) is 0 Å². The number of hydrogen-bond acceptors (Lipinski definition) is 4. The van der Waals surface area contributed by atoms with Crippen LogP contribution < -0.4 is 10.1 Å². The Balaban J connectivity index is 2.11. The number of nitrogens with zero attached hydrogens (tertiary/aromatic N) is 2. The van der Waals surface area contributed by atoms with Crippen molar-refractivity contribution in [2.24, 2.45) is 0 Å². The lowest BCUT2D eigenvalue weighted by molar-refractivity contribution is 0.415. The molecule has 1 heterocycles. The minimum atomic E-state index is 0.464. The largest absolute Gasteiger partial charge is 0.497 e. The van der Waals surface area contributed by atoms with E-state index < -0.39 is 0 Å². The van der Waals surface area contributed by atoms with Gasteiger partial charge in [0.25, 0.3) is 0 Å². The number of benzene rings is 2. The summed E-state index contributed by atoms with van der Waals surface area (Å²) in [5.41, 5.74) is 2.79. The molecule has 0 aliphatic carbocycles. The van der Waals surface area contributed by atoms with Crippen molar-refractivity contribution in [2.75, 3.05) is 12.4 Å². The SMILES string of the molecule is COc1ccc(Nc2c(C#N)cnc3ccc(Cl)cc23)cc1. The molecular formula is C17H12ClN3O. The third-order valence-electron chi connectivity index (χ3n) is 3.31. The van der Waals surface area contributed by atoms with E-state index in [1.54, 1.807) is 25.4 Å². The quantitative estimate of drug-likeness (QED) is 0.773. The fourth-order valence-corrected chi connectivity index (χ4v) is 2.38. The number of pyridine rings is 1. The van der Waals surface area contributed by atoms with Gasteiger partial charge in [0.15, 0.2) is 0 Å². The fourth-order valence-electron chi connectivity index (χ4n) is 2.20. The lowest BCUT2D eigenvalue weighted by Crippen LogP contribution is -1.97. The van der Waals surface area contributed by atoms with Crippen molar-refractivity contribution in [3.8, 4) is 11.8 Å². The molecule has 0 saturated heterocycles. The van der Waals surface area contributed by atoms with E-state index >= 15 is 0 Å². The molecule has 4 nitrogen and oxygen atoms in total. The first-order valence-corrected chi connectivity index (χ1v) is 6.98. The molecule has 0 fully saturated rings. The van der Waals surface area contributed by atoms with E-state index in [2.05, 4.69) is 16.4 Å². The zero-order valence-electron chi connectivity index (χ0n) is 11.8. The number of aromatic nitrogens is 1. The predicted molar refractivity (Wildman–Crippen MR) is 87.7 cm³/mol. The average Bonchev–Trinajstić information content (AvgIpc) is 2.56. The predicted octanol–water partition coefficient (Wildman–Crippen LogP) is 4.51. The van der Waals surface area contributed by atoms with Crippen LogP contribution in [0.15, 0.2) is 48.7 Å². The van der Waals surface area contributed by atoms with Crippen LogP contribution in [0.4, 0.5) is 11.4 Å². The topological polar surface area (TPSA) is 57.9 Å². The Morgan fingerprint density at radius 2 is 1.95 bits per heavy atom. The first-order valence-electron chi connectivity index (χ1n) is 6.60. The summed E-state index contributed by atoms with van der Waals surface area (Å²) < 4.78 is 5.14. The van der Waals surface area contributed by atoms with Crippen molar-refractivity contribution in [1.29, 1.82) is 5.26 Å². The van der Waals surface area contributed by atoms with Gasteiger partial charge >= 0.3 is 0 Å². The fraction of sp³-hybridized carbons (Fsp3) is 0.0588. The molecule has 5 heteroatoms. The van der Waals surface area contributed by atoms with Gasteiger partial charge in [-0.2, -0.15) is 5.26 Å². The van der Waals surface area contributed by atoms with E-state index in [4.69, 9.17) is 16.3 Å². The molecule has 3 aromatic rings. The Bertz CT molecular complexity index is 869. The maximum Gasteiger partial charge on any atom is 0.119 e. The summed E-state index contributed by atoms with van der Waals surface area (Å²) in [6.45, 7) is 0. The summed E-state index contributed by atoms with van der Waals surface area (Å²) in [5, 5.41) is 14.0. The first-order chi connectivity index (χ1) is 10.7. The van der Waals surface area contributed by atoms with Crippen LogP contribution >= 0.6 is 11.6 Å². The van der Waals surface area contributed by atoms with E-state index in [9.17, 15) is 5.26 Å². The maximum atomic E-state index is 9.32. The molecule has 2 aromatic carbocycles. The highest BCUT2D eigenvalue weighted by molar-refractivity contribution is 6.31. The van der Waals surface area contributed by atoms with Crippen molar-refractivity contribution in [2.45, 2.75) is 0 Å². The molecule has 1 N–H and O–H groups in total. The minimum absolute atomic E-state index is 0.464. The van der Waals surface area contributed by atoms with Crippen molar-refractivity contribution >= 4 is 33.9 Å². The molecule has 0 spiro atoms. The van der Waals surface area contributed by atoms with Crippen LogP contribution in [0.25, 0.3) is 10.9 Å². The van der Waals surface area contributed by atoms with Gasteiger partial charge in [-0.1, -0.05) is 11.6 Å². The van der Waals surface area contributed by atoms with Crippen molar-refractivity contribution in [3.05, 3.63) is 59.2 Å². The first kappa shape index (κ1) is 14.2. The Labute approximate surface area is 132 Å². The molecule has 0 saturated carbocycles. The van der Waals surface area contributed by atoms with E-state index in [1.165, 1.54) is 0 Å². The van der Waals surface area contributed by atoms with E-state index in [0.29, 0.717) is 16.3 Å². The van der Waals surface area contributed by atoms with Crippen LogP contribution in [0, 0.1) is 11.3 Å². The molecule has 0 radical (unpaired) electrons. The van der Waals surface area contributed by atoms with E-state index in [0.717, 1.165) is 22.3 Å². The molecule has 0 amide bonds. The van der Waals surface area contributed by atoms with Gasteiger partial charge in [0.05, 0.1) is 23.9 Å². The van der Waals surface area contributed by atoms with Crippen LogP contribution in [-0.4, -0.2) is 12.1 Å². The van der Waals surface area contributed by atoms with Crippen LogP contribution in [0.1, 0.15) is 5.56 Å². The molecule has 0 aliphatic heterocycles. The Hall–Kier alpha value is -2.77. The number of methoxy groups -OCH3 is 1. The minimum Gasteiger partial charge on any atom is -0.497 e. The smallest absolute Gasteiger partial charge is 0.119 e. The maximum absolute atomic E-state index is 9.32. The second-order valence-corrected chi connectivity index (χ2v) is 5.11. The van der Waals surface area contributed by atoms with Gasteiger partial charge in [0, 0.05) is 22.3 Å². The van der Waals surface area contributed by atoms with Gasteiger partial charge < -0.3 is 10.1 Å². The second kappa shape index (κ2) is 5.92. The number of hydrogen-bond donors (Lipinski definition) is 1. The van der Waals surface area contributed by atoms with E-state index in [1.807, 2.05) is 30.3 Å². The highest BCUT2D eigenvalue weighted by Crippen LogP contribution is 2.31. The highest BCUT2D eigenvalue weighted by Gasteiger charge is 2.10. The number of nitrogens with one attached hydrogen (secondary N) is 1. The Morgan fingerprint density at radius 3 is 2.64 bits per heavy atom. The van der Waals surface area contributed by atoms with Crippen LogP contribution in [0.5, 0.6) is 5.75 Å². The van der Waals surface area contributed by atoms with Crippen molar-refractivity contribution in [1.82, 2.24) is 4.98 Å². The number of halogens is 1. The molecule has 108 valence electrons. The molecule has 0 unspecified atom stereocenters. The number of rotatable bonds is 3. The molecule has 0 aliphatic rings. The van der Waals surface area contributed by atoms with Gasteiger partial charge in [-0.3, -0.25) is 4.98 Å². The number of anilines is 2. The molecule has 1 aromatic heterocycles. The van der Waals surface area contributed by atoms with E-state index in [-0.39, 0.29) is 0 Å². The van der Waals surface area contributed by atoms with Crippen LogP contribution in [0.2, 0.25) is 5.02 Å². The van der Waals surface area contributed by atoms with Crippen molar-refractivity contribution in [3.63, 3.8) is 0 Å². The summed E-state index contributed by atoms with van der Waals surface area (Å²) in [6, 6.07) is 15.0. The van der Waals surface area contributed by atoms with Gasteiger partial charge in [-0.05, 0) is 42.5 Å². The molecule has 0 bridgehead atoms. The van der Waals surface area contributed by atoms with Crippen molar-refractivity contribution < 1.29 is 4.74 Å². The third-order valence-corrected chi connectivity index (χ3v) is 3.54. The van der Waals surface area contributed by atoms with Crippen LogP contribution in [0.3, 0.4) is 0 Å². The summed E-state index contributed by atoms with van der Waals surface area (Å²) in [4.78, 5) is 4.28. The standard InChI is InChI=1S/C17H12ClN3O/c1-22-14-5-3-13(4-6-14)21-17-11(9-19)10-20-16-7-2-12(18)8-15(16)17/h2-8,10H,1H3,(H,20,21). The summed E-state index contributed by atoms with van der Waals surface area (Å²) in [7, 11) is 1.62. The Morgan fingerprint density at radius 1 is 1.18 bits per heavy atom. The lowest BCUT2D eigenvalue weighted by Gasteiger charge is -2.12. The van der Waals surface area contributed by atoms with Gasteiger partial charge in [-0.15, -0.1) is 0 Å². The van der Waals surface area contributed by atoms with Gasteiger partial charge in [0.2, 0.25) is 0 Å². The normalized spacial score (nSPS) is 10.2. The van der Waals surface area contributed by atoms with Crippen LogP contribution in [-0.2, 0) is 0 Å². The monoisotopic (exact) mass is 309 g/mol. The zero-order chi connectivity index (χ0) is 15.5. The average molecular weight is 310 g/mol. The number of nitriles is 1. The summed E-state index contributed by atoms with van der Waals surface area (Å²) in [5.74, 6) is 0.772. The summed E-state index contributed by atoms with van der Waals surface area (Å²) in [6.07, 6.45) is 1.56. The Kier molecular flexibility index (Phi) is 3.82. The number of ether oxygens (including phenoxy) is 1. The number of fused-ring (bicyclic) bond motifs is 1. The third kappa shape index (κ3) is 2.67. The molecule has 0 atom stereocenters. The second-order valence-electron chi connectivity index (χ2n) is 4.67. The summed E-state index contributed by atoms with van der Waals surface area (Å²) >= 11 is 6.07. The molecular weight excluding hydrogens is 298 g/mol. The zero-order valence-corrected chi connectivity index (χ0v) is 12.6. The molecule has 3 rings (SSSR count). The van der Waals surface area contributed by atoms with Gasteiger partial charge in [0.1, 0.15) is 11.8 Å². The molecule has 22 heavy (non-hydrogen) atoms. The lowest BCUT2D eigenvalue weighted by atomic mass is 10.1.